The van der Waals surface area contributed by atoms with Crippen LogP contribution in [0.5, 0.6) is 11.5 Å². The van der Waals surface area contributed by atoms with Gasteiger partial charge >= 0.3 is 0 Å². The lowest BCUT2D eigenvalue weighted by molar-refractivity contribution is 0.0824. The van der Waals surface area contributed by atoms with E-state index in [4.69, 9.17) is 5.11 Å². The van der Waals surface area contributed by atoms with Crippen molar-refractivity contribution in [3.8, 4) is 11.5 Å². The van der Waals surface area contributed by atoms with Crippen molar-refractivity contribution >= 4 is 5.91 Å². The Bertz CT molecular complexity index is 334. The summed E-state index contributed by atoms with van der Waals surface area (Å²) in [4.78, 5) is 12.7. The molecule has 4 nitrogen and oxygen atoms in total. The zero-order chi connectivity index (χ0) is 10.0. The van der Waals surface area contributed by atoms with Crippen LogP contribution in [0.4, 0.5) is 0 Å². The first-order chi connectivity index (χ1) is 6.02. The van der Waals surface area contributed by atoms with Crippen molar-refractivity contribution in [2.75, 3.05) is 14.1 Å². The highest BCUT2D eigenvalue weighted by atomic mass is 16.3. The van der Waals surface area contributed by atoms with Crippen LogP contribution in [0.3, 0.4) is 0 Å². The first kappa shape index (κ1) is 9.38. The van der Waals surface area contributed by atoms with Crippen molar-refractivity contribution in [3.05, 3.63) is 23.8 Å². The molecule has 1 aromatic rings. The molecule has 70 valence electrons. The van der Waals surface area contributed by atoms with E-state index < -0.39 is 0 Å². The lowest BCUT2D eigenvalue weighted by Gasteiger charge is -2.11. The van der Waals surface area contributed by atoms with Crippen LogP contribution >= 0.6 is 0 Å². The number of phenols is 2. The zero-order valence-corrected chi connectivity index (χ0v) is 7.48. The summed E-state index contributed by atoms with van der Waals surface area (Å²) in [6.45, 7) is 0. The molecule has 0 fully saturated rings. The molecule has 0 atom stereocenters. The average molecular weight is 181 g/mol. The third-order valence-corrected chi connectivity index (χ3v) is 1.62. The van der Waals surface area contributed by atoms with Crippen LogP contribution in [-0.4, -0.2) is 35.1 Å². The Morgan fingerprint density at radius 2 is 1.92 bits per heavy atom. The molecule has 0 saturated carbocycles. The minimum absolute atomic E-state index is 0.0622. The van der Waals surface area contributed by atoms with Gasteiger partial charge in [0.15, 0.2) is 0 Å². The standard InChI is InChI=1S/C9H11NO3/c1-10(2)9(13)7-4-3-6(11)5-8(7)12/h3-5,11-12H,1-2H3. The third-order valence-electron chi connectivity index (χ3n) is 1.62. The molecule has 0 aliphatic rings. The van der Waals surface area contributed by atoms with Gasteiger partial charge in [0.1, 0.15) is 11.5 Å². The maximum absolute atomic E-state index is 11.4. The van der Waals surface area contributed by atoms with E-state index in [1.807, 2.05) is 0 Å². The van der Waals surface area contributed by atoms with Crippen LogP contribution in [0.15, 0.2) is 18.2 Å². The lowest BCUT2D eigenvalue weighted by Crippen LogP contribution is -2.21. The number of rotatable bonds is 1. The summed E-state index contributed by atoms with van der Waals surface area (Å²) in [6.07, 6.45) is 0. The highest BCUT2D eigenvalue weighted by Crippen LogP contribution is 2.23. The monoisotopic (exact) mass is 181 g/mol. The van der Waals surface area contributed by atoms with Gasteiger partial charge in [0.05, 0.1) is 5.56 Å². The van der Waals surface area contributed by atoms with Gasteiger partial charge in [0.2, 0.25) is 0 Å². The van der Waals surface area contributed by atoms with Gasteiger partial charge in [0.25, 0.3) is 5.91 Å². The van der Waals surface area contributed by atoms with Gasteiger partial charge in [0, 0.05) is 20.2 Å². The number of phenolic OH excluding ortho intramolecular Hbond substituents is 2. The molecule has 2 N–H and O–H groups in total. The molecule has 4 heteroatoms. The van der Waals surface area contributed by atoms with Crippen molar-refractivity contribution in [1.29, 1.82) is 0 Å². The van der Waals surface area contributed by atoms with Gasteiger partial charge < -0.3 is 15.1 Å². The Morgan fingerprint density at radius 1 is 1.31 bits per heavy atom. The lowest BCUT2D eigenvalue weighted by atomic mass is 10.1. The van der Waals surface area contributed by atoms with E-state index >= 15 is 0 Å². The summed E-state index contributed by atoms with van der Waals surface area (Å²) in [5.41, 5.74) is 0.183. The third kappa shape index (κ3) is 1.90. The van der Waals surface area contributed by atoms with E-state index in [0.717, 1.165) is 6.07 Å². The quantitative estimate of drug-likeness (QED) is 0.673. The van der Waals surface area contributed by atoms with Gasteiger partial charge in [-0.2, -0.15) is 0 Å². The number of hydrogen-bond donors (Lipinski definition) is 2. The summed E-state index contributed by atoms with van der Waals surface area (Å²) in [6, 6.07) is 3.88. The number of benzene rings is 1. The van der Waals surface area contributed by atoms with Crippen LogP contribution in [0.2, 0.25) is 0 Å². The predicted octanol–water partition coefficient (Wildman–Crippen LogP) is 0.800. The van der Waals surface area contributed by atoms with Crippen molar-refractivity contribution < 1.29 is 15.0 Å². The molecule has 0 heterocycles. The van der Waals surface area contributed by atoms with E-state index in [1.54, 1.807) is 14.1 Å². The molecule has 0 aliphatic carbocycles. The van der Waals surface area contributed by atoms with Crippen LogP contribution in [0.1, 0.15) is 10.4 Å². The number of carbonyl (C=O) groups is 1. The van der Waals surface area contributed by atoms with E-state index in [9.17, 15) is 9.90 Å². The topological polar surface area (TPSA) is 60.8 Å². The Labute approximate surface area is 76.0 Å². The Kier molecular flexibility index (Phi) is 2.41. The van der Waals surface area contributed by atoms with E-state index in [-0.39, 0.29) is 23.0 Å². The maximum atomic E-state index is 11.4. The second-order valence-electron chi connectivity index (χ2n) is 2.90. The van der Waals surface area contributed by atoms with Crippen LogP contribution in [0.25, 0.3) is 0 Å². The molecule has 13 heavy (non-hydrogen) atoms. The van der Waals surface area contributed by atoms with E-state index in [2.05, 4.69) is 0 Å². The van der Waals surface area contributed by atoms with E-state index in [1.165, 1.54) is 17.0 Å². The minimum Gasteiger partial charge on any atom is -0.508 e. The second kappa shape index (κ2) is 3.35. The SMILES string of the molecule is CN(C)C(=O)c1ccc(O)cc1O. The van der Waals surface area contributed by atoms with Gasteiger partial charge in [-0.25, -0.2) is 0 Å². The maximum Gasteiger partial charge on any atom is 0.257 e. The number of aromatic hydroxyl groups is 2. The Hall–Kier alpha value is -1.71. The second-order valence-corrected chi connectivity index (χ2v) is 2.90. The summed E-state index contributed by atoms with van der Waals surface area (Å²) in [5.74, 6) is -0.566. The molecule has 0 radical (unpaired) electrons. The molecule has 0 bridgehead atoms. The van der Waals surface area contributed by atoms with Gasteiger partial charge in [-0.05, 0) is 12.1 Å². The average Bonchev–Trinajstić information content (AvgIpc) is 2.03. The molecule has 0 unspecified atom stereocenters. The van der Waals surface area contributed by atoms with E-state index in [0.29, 0.717) is 0 Å². The van der Waals surface area contributed by atoms with Crippen LogP contribution < -0.4 is 0 Å². The highest BCUT2D eigenvalue weighted by molar-refractivity contribution is 5.96. The Morgan fingerprint density at radius 3 is 2.38 bits per heavy atom. The summed E-state index contributed by atoms with van der Waals surface area (Å²) in [7, 11) is 3.18. The molecule has 1 amide bonds. The number of nitrogens with zero attached hydrogens (tertiary/aromatic N) is 1. The summed E-state index contributed by atoms with van der Waals surface area (Å²) in [5, 5.41) is 18.3. The molecule has 0 aromatic heterocycles. The fourth-order valence-electron chi connectivity index (χ4n) is 0.942. The highest BCUT2D eigenvalue weighted by Gasteiger charge is 2.12. The number of amides is 1. The molecule has 1 rings (SSSR count). The van der Waals surface area contributed by atoms with Crippen molar-refractivity contribution in [1.82, 2.24) is 4.90 Å². The Balaban J connectivity index is 3.09. The van der Waals surface area contributed by atoms with Crippen molar-refractivity contribution in [3.63, 3.8) is 0 Å². The minimum atomic E-state index is -0.294. The zero-order valence-electron chi connectivity index (χ0n) is 7.48. The van der Waals surface area contributed by atoms with Gasteiger partial charge in [-0.15, -0.1) is 0 Å². The number of hydrogen-bond acceptors (Lipinski definition) is 3. The number of carbonyl (C=O) groups excluding carboxylic acids is 1. The largest absolute Gasteiger partial charge is 0.508 e. The first-order valence-electron chi connectivity index (χ1n) is 3.76. The molecular formula is C9H11NO3. The smallest absolute Gasteiger partial charge is 0.257 e. The fraction of sp³-hybridized carbons (Fsp3) is 0.222. The molecule has 0 spiro atoms. The van der Waals surface area contributed by atoms with Crippen molar-refractivity contribution in [2.45, 2.75) is 0 Å². The van der Waals surface area contributed by atoms with Gasteiger partial charge in [-0.3, -0.25) is 4.79 Å². The first-order valence-corrected chi connectivity index (χ1v) is 3.76. The van der Waals surface area contributed by atoms with Gasteiger partial charge in [-0.1, -0.05) is 0 Å². The van der Waals surface area contributed by atoms with Crippen molar-refractivity contribution in [2.24, 2.45) is 0 Å². The van der Waals surface area contributed by atoms with Crippen LogP contribution in [-0.2, 0) is 0 Å². The molecule has 0 saturated heterocycles. The predicted molar refractivity (Wildman–Crippen MR) is 47.8 cm³/mol. The molecular weight excluding hydrogens is 170 g/mol. The fourth-order valence-corrected chi connectivity index (χ4v) is 0.942. The summed E-state index contributed by atoms with van der Waals surface area (Å²) >= 11 is 0. The molecule has 1 aromatic carbocycles. The summed E-state index contributed by atoms with van der Waals surface area (Å²) < 4.78 is 0. The normalized spacial score (nSPS) is 9.69. The molecule has 0 aliphatic heterocycles. The van der Waals surface area contributed by atoms with Crippen LogP contribution in [0, 0.1) is 0 Å².